The number of rotatable bonds is 5. The van der Waals surface area contributed by atoms with Crippen LogP contribution >= 0.6 is 12.2 Å². The number of morpholine rings is 1. The SMILES string of the molecule is COc1ccccc1-n1c([O-])c(C=Nc2ccccc2[NH+]2CCOCC2)c(=O)[nH]c1=S. The standard InChI is InChI=1S/C22H22N4O4S/c1-29-19-9-5-4-8-18(19)26-21(28)15(20(27)24-22(26)31)14-23-16-6-2-3-7-17(16)25-10-12-30-13-11-25/h2-9,14,28H,10-13H2,1H3,(H,24,27,31). The van der Waals surface area contributed by atoms with Gasteiger partial charge < -0.3 is 14.6 Å². The lowest BCUT2D eigenvalue weighted by Crippen LogP contribution is -3.09. The van der Waals surface area contributed by atoms with Gasteiger partial charge in [0.05, 0.1) is 31.6 Å². The van der Waals surface area contributed by atoms with Crippen LogP contribution in [0, 0.1) is 4.77 Å². The fraction of sp³-hybridized carbons (Fsp3) is 0.227. The minimum absolute atomic E-state index is 0.00480. The number of para-hydroxylation sites is 4. The number of aliphatic imine (C=N–C) groups is 1. The minimum atomic E-state index is -0.582. The number of hydrogen-bond acceptors (Lipinski definition) is 6. The van der Waals surface area contributed by atoms with Crippen LogP contribution in [-0.4, -0.2) is 49.2 Å². The number of ether oxygens (including phenoxy) is 2. The maximum atomic E-state index is 13.2. The summed E-state index contributed by atoms with van der Waals surface area (Å²) >= 11 is 5.25. The Hall–Kier alpha value is -3.27. The predicted molar refractivity (Wildman–Crippen MR) is 118 cm³/mol. The van der Waals surface area contributed by atoms with Crippen molar-refractivity contribution in [3.05, 3.63) is 69.2 Å². The van der Waals surface area contributed by atoms with E-state index in [0.29, 0.717) is 30.3 Å². The molecule has 0 amide bonds. The highest BCUT2D eigenvalue weighted by atomic mass is 32.1. The number of nitrogens with zero attached hydrogens (tertiary/aromatic N) is 2. The number of methoxy groups -OCH3 is 1. The maximum Gasteiger partial charge on any atom is 0.259 e. The second-order valence-corrected chi connectivity index (χ2v) is 7.36. The van der Waals surface area contributed by atoms with Crippen molar-refractivity contribution in [2.24, 2.45) is 4.99 Å². The zero-order valence-electron chi connectivity index (χ0n) is 17.0. The number of aromatic amines is 1. The quantitative estimate of drug-likeness (QED) is 0.462. The Morgan fingerprint density at radius 3 is 2.68 bits per heavy atom. The average molecular weight is 439 g/mol. The number of H-pyrrole nitrogens is 1. The van der Waals surface area contributed by atoms with Crippen molar-refractivity contribution in [1.82, 2.24) is 9.55 Å². The Kier molecular flexibility index (Phi) is 6.26. The topological polar surface area (TPSA) is 96.1 Å². The van der Waals surface area contributed by atoms with Crippen LogP contribution in [0.3, 0.4) is 0 Å². The van der Waals surface area contributed by atoms with Gasteiger partial charge in [-0.25, -0.2) is 4.99 Å². The fourth-order valence-corrected chi connectivity index (χ4v) is 3.86. The molecule has 0 radical (unpaired) electrons. The van der Waals surface area contributed by atoms with E-state index in [1.54, 1.807) is 24.3 Å². The smallest absolute Gasteiger partial charge is 0.259 e. The molecule has 3 aromatic rings. The van der Waals surface area contributed by atoms with Gasteiger partial charge in [0.2, 0.25) is 0 Å². The molecule has 1 saturated heterocycles. The van der Waals surface area contributed by atoms with E-state index < -0.39 is 11.4 Å². The molecule has 1 aromatic heterocycles. The summed E-state index contributed by atoms with van der Waals surface area (Å²) in [4.78, 5) is 20.8. The molecule has 4 rings (SSSR count). The van der Waals surface area contributed by atoms with Crippen LogP contribution in [-0.2, 0) is 4.74 Å². The molecule has 1 fully saturated rings. The second kappa shape index (κ2) is 9.25. The van der Waals surface area contributed by atoms with E-state index in [-0.39, 0.29) is 10.3 Å². The van der Waals surface area contributed by atoms with Gasteiger partial charge in [0.15, 0.2) is 10.5 Å². The molecule has 31 heavy (non-hydrogen) atoms. The van der Waals surface area contributed by atoms with Crippen LogP contribution in [0.2, 0.25) is 0 Å². The summed E-state index contributed by atoms with van der Waals surface area (Å²) in [5.41, 5.74) is 1.46. The van der Waals surface area contributed by atoms with Gasteiger partial charge in [0, 0.05) is 12.3 Å². The Morgan fingerprint density at radius 2 is 1.90 bits per heavy atom. The van der Waals surface area contributed by atoms with E-state index in [9.17, 15) is 9.90 Å². The van der Waals surface area contributed by atoms with Crippen LogP contribution < -0.4 is 20.3 Å². The number of nitrogens with one attached hydrogen (secondary N) is 2. The van der Waals surface area contributed by atoms with Gasteiger partial charge in [0.25, 0.3) is 5.56 Å². The van der Waals surface area contributed by atoms with Gasteiger partial charge in [-0.1, -0.05) is 24.3 Å². The van der Waals surface area contributed by atoms with Crippen molar-refractivity contribution in [2.45, 2.75) is 0 Å². The summed E-state index contributed by atoms with van der Waals surface area (Å²) in [6.45, 7) is 3.02. The number of aromatic nitrogens is 2. The molecule has 2 heterocycles. The Balaban J connectivity index is 1.78. The molecule has 2 N–H and O–H groups in total. The molecular weight excluding hydrogens is 416 g/mol. The lowest BCUT2D eigenvalue weighted by molar-refractivity contribution is -0.841. The Bertz CT molecular complexity index is 1230. The first-order valence-electron chi connectivity index (χ1n) is 9.86. The monoisotopic (exact) mass is 438 g/mol. The number of quaternary nitrogens is 1. The van der Waals surface area contributed by atoms with Gasteiger partial charge >= 0.3 is 0 Å². The van der Waals surface area contributed by atoms with Crippen molar-refractivity contribution >= 4 is 29.8 Å². The highest BCUT2D eigenvalue weighted by Gasteiger charge is 2.19. The fourth-order valence-electron chi connectivity index (χ4n) is 3.58. The molecule has 8 nitrogen and oxygen atoms in total. The second-order valence-electron chi connectivity index (χ2n) is 6.98. The maximum absolute atomic E-state index is 13.2. The Morgan fingerprint density at radius 1 is 1.19 bits per heavy atom. The lowest BCUT2D eigenvalue weighted by Gasteiger charge is -2.24. The average Bonchev–Trinajstić information content (AvgIpc) is 2.80. The predicted octanol–water partition coefficient (Wildman–Crippen LogP) is 1.27. The van der Waals surface area contributed by atoms with E-state index in [1.807, 2.05) is 24.3 Å². The van der Waals surface area contributed by atoms with Crippen LogP contribution in [0.5, 0.6) is 11.6 Å². The van der Waals surface area contributed by atoms with Crippen molar-refractivity contribution in [2.75, 3.05) is 33.4 Å². The van der Waals surface area contributed by atoms with E-state index in [2.05, 4.69) is 9.98 Å². The summed E-state index contributed by atoms with van der Waals surface area (Å²) < 4.78 is 12.0. The molecule has 2 aromatic carbocycles. The molecule has 1 aliphatic rings. The highest BCUT2D eigenvalue weighted by Crippen LogP contribution is 2.26. The molecule has 0 saturated carbocycles. The third-order valence-electron chi connectivity index (χ3n) is 5.14. The van der Waals surface area contributed by atoms with Crippen molar-refractivity contribution in [3.63, 3.8) is 0 Å². The van der Waals surface area contributed by atoms with Crippen LogP contribution in [0.4, 0.5) is 11.4 Å². The van der Waals surface area contributed by atoms with E-state index >= 15 is 0 Å². The zero-order valence-corrected chi connectivity index (χ0v) is 17.8. The van der Waals surface area contributed by atoms with Crippen LogP contribution in [0.15, 0.2) is 58.3 Å². The number of benzene rings is 2. The molecular formula is C22H22N4O4S. The third-order valence-corrected chi connectivity index (χ3v) is 5.43. The van der Waals surface area contributed by atoms with Crippen LogP contribution in [0.25, 0.3) is 5.69 Å². The molecule has 9 heteroatoms. The largest absolute Gasteiger partial charge is 0.859 e. The third kappa shape index (κ3) is 4.29. The molecule has 0 unspecified atom stereocenters. The molecule has 160 valence electrons. The van der Waals surface area contributed by atoms with E-state index in [0.717, 1.165) is 18.8 Å². The van der Waals surface area contributed by atoms with Crippen LogP contribution in [0.1, 0.15) is 5.56 Å². The lowest BCUT2D eigenvalue weighted by atomic mass is 10.2. The summed E-state index contributed by atoms with van der Waals surface area (Å²) in [5.74, 6) is -0.0925. The zero-order chi connectivity index (χ0) is 21.8. The normalized spacial score (nSPS) is 14.7. The summed E-state index contributed by atoms with van der Waals surface area (Å²) in [5, 5.41) is 13.2. The molecule has 0 bridgehead atoms. The highest BCUT2D eigenvalue weighted by molar-refractivity contribution is 7.71. The van der Waals surface area contributed by atoms with Gasteiger partial charge in [-0.3, -0.25) is 19.2 Å². The van der Waals surface area contributed by atoms with Gasteiger partial charge in [-0.2, -0.15) is 0 Å². The molecule has 1 aliphatic heterocycles. The first-order chi connectivity index (χ1) is 15.1. The minimum Gasteiger partial charge on any atom is -0.859 e. The number of hydrogen-bond donors (Lipinski definition) is 2. The molecule has 0 spiro atoms. The van der Waals surface area contributed by atoms with E-state index in [4.69, 9.17) is 21.7 Å². The summed E-state index contributed by atoms with van der Waals surface area (Å²) in [7, 11) is 1.51. The van der Waals surface area contributed by atoms with Gasteiger partial charge in [0.1, 0.15) is 24.5 Å². The molecule has 0 aliphatic carbocycles. The summed E-state index contributed by atoms with van der Waals surface area (Å²) in [6.07, 6.45) is 1.31. The summed E-state index contributed by atoms with van der Waals surface area (Å²) in [6, 6.07) is 14.7. The molecule has 0 atom stereocenters. The van der Waals surface area contributed by atoms with Gasteiger partial charge in [-0.15, -0.1) is 0 Å². The first-order valence-corrected chi connectivity index (χ1v) is 10.3. The van der Waals surface area contributed by atoms with Crippen molar-refractivity contribution in [1.29, 1.82) is 0 Å². The Labute approximate surface area is 184 Å². The van der Waals surface area contributed by atoms with Gasteiger partial charge in [-0.05, 0) is 36.3 Å². The van der Waals surface area contributed by atoms with E-state index in [1.165, 1.54) is 22.8 Å². The van der Waals surface area contributed by atoms with Crippen molar-refractivity contribution in [3.8, 4) is 17.3 Å². The van der Waals surface area contributed by atoms with Crippen molar-refractivity contribution < 1.29 is 19.5 Å². The first kappa shape index (κ1) is 21.0.